The van der Waals surface area contributed by atoms with Crippen molar-refractivity contribution in [2.75, 3.05) is 24.6 Å². The van der Waals surface area contributed by atoms with E-state index in [-0.39, 0.29) is 10.6 Å². The Balaban J connectivity index is 1.76. The minimum absolute atomic E-state index is 0.0842. The molecule has 0 bridgehead atoms. The quantitative estimate of drug-likeness (QED) is 0.786. The van der Waals surface area contributed by atoms with Crippen molar-refractivity contribution in [3.8, 4) is 0 Å². The molecule has 1 amide bonds. The number of hydrogen-bond acceptors (Lipinski definition) is 5. The van der Waals surface area contributed by atoms with Gasteiger partial charge in [-0.1, -0.05) is 31.2 Å². The highest BCUT2D eigenvalue weighted by atomic mass is 32.2. The predicted molar refractivity (Wildman–Crippen MR) is 106 cm³/mol. The Morgan fingerprint density at radius 1 is 1.19 bits per heavy atom. The summed E-state index contributed by atoms with van der Waals surface area (Å²) in [6, 6.07) is 7.97. The van der Waals surface area contributed by atoms with Crippen molar-refractivity contribution in [2.45, 2.75) is 24.9 Å². The number of benzene rings is 1. The van der Waals surface area contributed by atoms with Gasteiger partial charge in [0.1, 0.15) is 0 Å². The SMILES string of the molecule is CCc1ccc(CNC(=O)c2cn(C)nc2S(=O)(=O)N2CCSCC2)cc1. The number of aryl methyl sites for hydroxylation is 2. The van der Waals surface area contributed by atoms with Crippen molar-refractivity contribution in [1.29, 1.82) is 0 Å². The fourth-order valence-corrected chi connectivity index (χ4v) is 5.59. The van der Waals surface area contributed by atoms with Crippen LogP contribution in [0.5, 0.6) is 0 Å². The largest absolute Gasteiger partial charge is 0.348 e. The average Bonchev–Trinajstić information content (AvgIpc) is 3.10. The van der Waals surface area contributed by atoms with Gasteiger partial charge in [0.2, 0.25) is 5.03 Å². The molecular weight excluding hydrogens is 384 g/mol. The van der Waals surface area contributed by atoms with Gasteiger partial charge in [-0.05, 0) is 17.5 Å². The van der Waals surface area contributed by atoms with Crippen molar-refractivity contribution < 1.29 is 13.2 Å². The molecule has 0 radical (unpaired) electrons. The van der Waals surface area contributed by atoms with Crippen LogP contribution in [-0.2, 0) is 30.0 Å². The van der Waals surface area contributed by atoms with Gasteiger partial charge in [0.15, 0.2) is 0 Å². The smallest absolute Gasteiger partial charge is 0.263 e. The molecule has 0 aliphatic carbocycles. The lowest BCUT2D eigenvalue weighted by molar-refractivity contribution is 0.0947. The Labute approximate surface area is 164 Å². The van der Waals surface area contributed by atoms with Crippen LogP contribution in [0, 0.1) is 0 Å². The topological polar surface area (TPSA) is 84.3 Å². The lowest BCUT2D eigenvalue weighted by atomic mass is 10.1. The summed E-state index contributed by atoms with van der Waals surface area (Å²) in [5.74, 6) is 1.07. The van der Waals surface area contributed by atoms with Gasteiger partial charge in [0.25, 0.3) is 15.9 Å². The summed E-state index contributed by atoms with van der Waals surface area (Å²) in [5, 5.41) is 6.71. The zero-order valence-electron chi connectivity index (χ0n) is 15.5. The highest BCUT2D eigenvalue weighted by Crippen LogP contribution is 2.22. The van der Waals surface area contributed by atoms with E-state index in [1.54, 1.807) is 18.8 Å². The van der Waals surface area contributed by atoms with Crippen molar-refractivity contribution in [3.63, 3.8) is 0 Å². The molecule has 0 atom stereocenters. The summed E-state index contributed by atoms with van der Waals surface area (Å²) in [4.78, 5) is 12.7. The van der Waals surface area contributed by atoms with E-state index in [9.17, 15) is 13.2 Å². The Bertz CT molecular complexity index is 901. The van der Waals surface area contributed by atoms with E-state index in [1.165, 1.54) is 20.7 Å². The zero-order valence-corrected chi connectivity index (χ0v) is 17.1. The Morgan fingerprint density at radius 2 is 1.81 bits per heavy atom. The monoisotopic (exact) mass is 408 g/mol. The number of rotatable bonds is 6. The van der Waals surface area contributed by atoms with Crippen LogP contribution in [0.1, 0.15) is 28.4 Å². The molecule has 27 heavy (non-hydrogen) atoms. The van der Waals surface area contributed by atoms with Crippen molar-refractivity contribution >= 4 is 27.7 Å². The first-order valence-electron chi connectivity index (χ1n) is 8.89. The highest BCUT2D eigenvalue weighted by Gasteiger charge is 2.33. The van der Waals surface area contributed by atoms with Crippen LogP contribution < -0.4 is 5.32 Å². The third-order valence-electron chi connectivity index (χ3n) is 4.48. The maximum atomic E-state index is 12.9. The van der Waals surface area contributed by atoms with E-state index in [1.807, 2.05) is 24.3 Å². The summed E-state index contributed by atoms with van der Waals surface area (Å²) in [7, 11) is -2.17. The molecule has 146 valence electrons. The summed E-state index contributed by atoms with van der Waals surface area (Å²) in [6.07, 6.45) is 2.42. The third-order valence-corrected chi connectivity index (χ3v) is 7.26. The average molecular weight is 409 g/mol. The number of aromatic nitrogens is 2. The molecular formula is C18H24N4O3S2. The first kappa shape index (κ1) is 19.9. The Hall–Kier alpha value is -1.84. The van der Waals surface area contributed by atoms with Gasteiger partial charge in [-0.25, -0.2) is 8.42 Å². The minimum Gasteiger partial charge on any atom is -0.348 e. The second-order valence-electron chi connectivity index (χ2n) is 6.39. The zero-order chi connectivity index (χ0) is 19.4. The minimum atomic E-state index is -3.78. The summed E-state index contributed by atoms with van der Waals surface area (Å²) >= 11 is 1.72. The third kappa shape index (κ3) is 4.53. The normalized spacial score (nSPS) is 15.6. The number of carbonyl (C=O) groups is 1. The van der Waals surface area contributed by atoms with Crippen molar-refractivity contribution in [2.24, 2.45) is 7.05 Å². The molecule has 9 heteroatoms. The molecule has 1 aromatic carbocycles. The second kappa shape index (κ2) is 8.45. The predicted octanol–water partition coefficient (Wildman–Crippen LogP) is 1.65. The standard InChI is InChI=1S/C18H24N4O3S2/c1-3-14-4-6-15(7-5-14)12-19-17(23)16-13-21(2)20-18(16)27(24,25)22-8-10-26-11-9-22/h4-7,13H,3,8-12H2,1-2H3,(H,19,23). The lowest BCUT2D eigenvalue weighted by Crippen LogP contribution is -2.39. The summed E-state index contributed by atoms with van der Waals surface area (Å²) in [6.45, 7) is 3.29. The molecule has 2 aromatic rings. The maximum absolute atomic E-state index is 12.9. The van der Waals surface area contributed by atoms with Crippen molar-refractivity contribution in [1.82, 2.24) is 19.4 Å². The fourth-order valence-electron chi connectivity index (χ4n) is 2.89. The van der Waals surface area contributed by atoms with Gasteiger partial charge < -0.3 is 5.32 Å². The molecule has 2 heterocycles. The number of nitrogens with one attached hydrogen (secondary N) is 1. The number of thioether (sulfide) groups is 1. The summed E-state index contributed by atoms with van der Waals surface area (Å²) < 4.78 is 28.6. The van der Waals surface area contributed by atoms with Crippen LogP contribution in [0.4, 0.5) is 0 Å². The van der Waals surface area contributed by atoms with Crippen LogP contribution in [0.2, 0.25) is 0 Å². The van der Waals surface area contributed by atoms with Gasteiger partial charge in [-0.2, -0.15) is 21.2 Å². The number of carbonyl (C=O) groups excluding carboxylic acids is 1. The van der Waals surface area contributed by atoms with Gasteiger partial charge in [-0.15, -0.1) is 0 Å². The maximum Gasteiger partial charge on any atom is 0.263 e. The van der Waals surface area contributed by atoms with E-state index in [0.29, 0.717) is 19.6 Å². The van der Waals surface area contributed by atoms with Gasteiger partial charge >= 0.3 is 0 Å². The van der Waals surface area contributed by atoms with Crippen LogP contribution in [0.25, 0.3) is 0 Å². The molecule has 0 saturated carbocycles. The number of hydrogen-bond donors (Lipinski definition) is 1. The molecule has 0 unspecified atom stereocenters. The Kier molecular flexibility index (Phi) is 6.23. The van der Waals surface area contributed by atoms with Crippen LogP contribution in [-0.4, -0.2) is 53.0 Å². The molecule has 1 aliphatic heterocycles. The van der Waals surface area contributed by atoms with Gasteiger partial charge in [0.05, 0.1) is 5.56 Å². The lowest BCUT2D eigenvalue weighted by Gasteiger charge is -2.24. The van der Waals surface area contributed by atoms with E-state index in [2.05, 4.69) is 17.3 Å². The van der Waals surface area contributed by atoms with Crippen LogP contribution in [0.15, 0.2) is 35.5 Å². The van der Waals surface area contributed by atoms with E-state index < -0.39 is 15.9 Å². The molecule has 1 aliphatic rings. The molecule has 7 nitrogen and oxygen atoms in total. The fraction of sp³-hybridized carbons (Fsp3) is 0.444. The molecule has 1 saturated heterocycles. The molecule has 1 N–H and O–H groups in total. The van der Waals surface area contributed by atoms with Crippen molar-refractivity contribution in [3.05, 3.63) is 47.2 Å². The van der Waals surface area contributed by atoms with Crippen LogP contribution >= 0.6 is 11.8 Å². The van der Waals surface area contributed by atoms with E-state index in [4.69, 9.17) is 0 Å². The van der Waals surface area contributed by atoms with Crippen LogP contribution in [0.3, 0.4) is 0 Å². The summed E-state index contributed by atoms with van der Waals surface area (Å²) in [5.41, 5.74) is 2.27. The van der Waals surface area contributed by atoms with E-state index in [0.717, 1.165) is 23.5 Å². The number of sulfonamides is 1. The first-order chi connectivity index (χ1) is 12.9. The Morgan fingerprint density at radius 3 is 2.44 bits per heavy atom. The molecule has 1 aromatic heterocycles. The number of nitrogens with zero attached hydrogens (tertiary/aromatic N) is 3. The second-order valence-corrected chi connectivity index (χ2v) is 9.47. The first-order valence-corrected chi connectivity index (χ1v) is 11.5. The van der Waals surface area contributed by atoms with E-state index >= 15 is 0 Å². The number of amides is 1. The molecule has 3 rings (SSSR count). The molecule has 0 spiro atoms. The molecule has 1 fully saturated rings. The van der Waals surface area contributed by atoms with Gasteiger partial charge in [-0.3, -0.25) is 9.48 Å². The highest BCUT2D eigenvalue weighted by molar-refractivity contribution is 7.99. The van der Waals surface area contributed by atoms with Gasteiger partial charge in [0, 0.05) is 44.4 Å².